The number of hydrogen-bond donors (Lipinski definition) is 0. The highest BCUT2D eigenvalue weighted by molar-refractivity contribution is 5.99. The molecule has 240 valence electrons. The summed E-state index contributed by atoms with van der Waals surface area (Å²) in [6.07, 6.45) is 3.45. The maximum Gasteiger partial charge on any atom is 0.293 e. The van der Waals surface area contributed by atoms with Gasteiger partial charge in [-0.2, -0.15) is 0 Å². The van der Waals surface area contributed by atoms with Gasteiger partial charge in [-0.15, -0.1) is 0 Å². The Balaban J connectivity index is 1.08. The zero-order valence-electron chi connectivity index (χ0n) is 25.6. The smallest absolute Gasteiger partial charge is 0.293 e. The molecule has 3 aromatic carbocycles. The number of fused-ring (bicyclic) bond motifs is 1. The second-order valence-corrected chi connectivity index (χ2v) is 12.6. The van der Waals surface area contributed by atoms with Crippen LogP contribution in [0.4, 0.5) is 13.2 Å². The molecule has 0 unspecified atom stereocenters. The van der Waals surface area contributed by atoms with Crippen LogP contribution in [0.2, 0.25) is 0 Å². The summed E-state index contributed by atoms with van der Waals surface area (Å²) in [6, 6.07) is 19.9. The number of ketones is 1. The van der Waals surface area contributed by atoms with E-state index in [1.165, 1.54) is 12.1 Å². The van der Waals surface area contributed by atoms with Crippen LogP contribution in [0.1, 0.15) is 58.6 Å². The molecule has 2 aromatic heterocycles. The minimum absolute atomic E-state index is 0.0119. The first-order valence-electron chi connectivity index (χ1n) is 15.7. The third kappa shape index (κ3) is 6.63. The number of halogens is 3. The Bertz CT molecular complexity index is 1980. The molecule has 2 aliphatic carbocycles. The fourth-order valence-corrected chi connectivity index (χ4v) is 5.82. The van der Waals surface area contributed by atoms with Gasteiger partial charge in [0.15, 0.2) is 5.78 Å². The second kappa shape index (κ2) is 12.7. The van der Waals surface area contributed by atoms with Crippen molar-refractivity contribution in [3.8, 4) is 17.1 Å². The Morgan fingerprint density at radius 3 is 2.47 bits per heavy atom. The maximum atomic E-state index is 15.6. The number of alkyl halides is 1. The highest BCUT2D eigenvalue weighted by Gasteiger charge is 2.44. The zero-order valence-corrected chi connectivity index (χ0v) is 25.6. The van der Waals surface area contributed by atoms with E-state index in [2.05, 4.69) is 4.98 Å². The van der Waals surface area contributed by atoms with E-state index in [9.17, 15) is 18.4 Å². The Labute approximate surface area is 269 Å². The van der Waals surface area contributed by atoms with Gasteiger partial charge in [-0.05, 0) is 67.1 Å². The number of Topliss-reactive ketones (excluding diaryl/α,β-unsaturated/α-hetero) is 1. The van der Waals surface area contributed by atoms with Gasteiger partial charge in [-0.25, -0.2) is 18.7 Å². The van der Waals surface area contributed by atoms with E-state index < -0.39 is 23.7 Å². The standard InChI is InChI=1S/C37H32F3N3O4/c38-20-37(12-13-37)21-43-33-14-23(18-46-22-44)4-11-32(33)41-34(43)17-25-7-8-26(15-29(25)39)31-2-1-3-35(42-31)47-19-28-10-9-27(16-30(28)40)36(45)24-5-6-24/h1-4,7-11,14-16,22,24H,5-6,12-13,17-21H2. The Morgan fingerprint density at radius 1 is 0.936 bits per heavy atom. The molecule has 0 N–H and O–H groups in total. The molecular weight excluding hydrogens is 607 g/mol. The molecule has 0 radical (unpaired) electrons. The summed E-state index contributed by atoms with van der Waals surface area (Å²) in [4.78, 5) is 32.2. The number of aromatic nitrogens is 3. The van der Waals surface area contributed by atoms with Crippen LogP contribution in [-0.4, -0.2) is 33.5 Å². The number of imidazole rings is 1. The predicted molar refractivity (Wildman–Crippen MR) is 168 cm³/mol. The molecule has 10 heteroatoms. The number of pyridine rings is 1. The third-order valence-electron chi connectivity index (χ3n) is 9.03. The fraction of sp³-hybridized carbons (Fsp3) is 0.297. The molecule has 2 heterocycles. The van der Waals surface area contributed by atoms with Crippen molar-refractivity contribution < 1.29 is 32.2 Å². The molecule has 7 rings (SSSR count). The van der Waals surface area contributed by atoms with Crippen LogP contribution < -0.4 is 4.74 Å². The Morgan fingerprint density at radius 2 is 1.74 bits per heavy atom. The largest absolute Gasteiger partial charge is 0.473 e. The van der Waals surface area contributed by atoms with E-state index in [1.807, 2.05) is 22.8 Å². The highest BCUT2D eigenvalue weighted by Crippen LogP contribution is 2.48. The highest BCUT2D eigenvalue weighted by atomic mass is 19.1. The van der Waals surface area contributed by atoms with Crippen LogP contribution >= 0.6 is 0 Å². The van der Waals surface area contributed by atoms with Crippen LogP contribution in [0.15, 0.2) is 72.8 Å². The SMILES string of the molecule is O=COCc1ccc2nc(Cc3ccc(-c4cccc(OCc5ccc(C(=O)C6CC6)cc5F)n4)cc3F)n(CC3(CF)CC3)c2c1. The summed E-state index contributed by atoms with van der Waals surface area (Å²) in [7, 11) is 0. The topological polar surface area (TPSA) is 83.3 Å². The van der Waals surface area contributed by atoms with Gasteiger partial charge in [0.05, 0.1) is 23.4 Å². The van der Waals surface area contributed by atoms with Crippen molar-refractivity contribution in [2.45, 2.75) is 51.9 Å². The van der Waals surface area contributed by atoms with Gasteiger partial charge in [0.2, 0.25) is 5.88 Å². The van der Waals surface area contributed by atoms with Crippen LogP contribution in [0.25, 0.3) is 22.3 Å². The van der Waals surface area contributed by atoms with Gasteiger partial charge in [0, 0.05) is 47.1 Å². The summed E-state index contributed by atoms with van der Waals surface area (Å²) in [5, 5.41) is 0. The van der Waals surface area contributed by atoms with Crippen molar-refractivity contribution >= 4 is 23.3 Å². The average molecular weight is 640 g/mol. The van der Waals surface area contributed by atoms with E-state index in [0.29, 0.717) is 52.3 Å². The summed E-state index contributed by atoms with van der Waals surface area (Å²) < 4.78 is 56.9. The molecule has 5 aromatic rings. The first-order chi connectivity index (χ1) is 22.8. The number of rotatable bonds is 14. The lowest BCUT2D eigenvalue weighted by atomic mass is 10.0. The molecule has 0 atom stereocenters. The summed E-state index contributed by atoms with van der Waals surface area (Å²) in [6.45, 7) is 0.403. The third-order valence-corrected chi connectivity index (χ3v) is 9.03. The normalized spacial score (nSPS) is 15.0. The van der Waals surface area contributed by atoms with E-state index in [1.54, 1.807) is 42.5 Å². The number of carbonyl (C=O) groups is 2. The molecule has 0 saturated heterocycles. The molecule has 0 bridgehead atoms. The van der Waals surface area contributed by atoms with Gasteiger partial charge < -0.3 is 14.0 Å². The van der Waals surface area contributed by atoms with Gasteiger partial charge in [0.1, 0.15) is 30.7 Å². The summed E-state index contributed by atoms with van der Waals surface area (Å²) in [5.41, 5.74) is 3.93. The quantitative estimate of drug-likeness (QED) is 0.0922. The number of nitrogens with zero attached hydrogens (tertiary/aromatic N) is 3. The molecule has 0 amide bonds. The first kappa shape index (κ1) is 30.7. The predicted octanol–water partition coefficient (Wildman–Crippen LogP) is 7.56. The zero-order chi connectivity index (χ0) is 32.5. The number of hydrogen-bond acceptors (Lipinski definition) is 6. The minimum Gasteiger partial charge on any atom is -0.473 e. The molecule has 2 fully saturated rings. The average Bonchev–Trinajstić information content (AvgIpc) is 4.03. The van der Waals surface area contributed by atoms with Gasteiger partial charge >= 0.3 is 0 Å². The van der Waals surface area contributed by atoms with E-state index in [-0.39, 0.29) is 37.2 Å². The lowest BCUT2D eigenvalue weighted by Gasteiger charge is -2.16. The number of carbonyl (C=O) groups excluding carboxylic acids is 2. The van der Waals surface area contributed by atoms with Crippen molar-refractivity contribution in [1.82, 2.24) is 14.5 Å². The van der Waals surface area contributed by atoms with Crippen LogP contribution in [0.5, 0.6) is 5.88 Å². The second-order valence-electron chi connectivity index (χ2n) is 12.6. The molecular formula is C37H32F3N3O4. The monoisotopic (exact) mass is 639 g/mol. The number of benzene rings is 3. The molecule has 0 spiro atoms. The van der Waals surface area contributed by atoms with Crippen molar-refractivity contribution in [3.63, 3.8) is 0 Å². The maximum absolute atomic E-state index is 15.6. The molecule has 7 nitrogen and oxygen atoms in total. The van der Waals surface area contributed by atoms with E-state index in [0.717, 1.165) is 36.8 Å². The minimum atomic E-state index is -0.511. The van der Waals surface area contributed by atoms with Crippen molar-refractivity contribution in [2.75, 3.05) is 6.67 Å². The molecule has 47 heavy (non-hydrogen) atoms. The summed E-state index contributed by atoms with van der Waals surface area (Å²) >= 11 is 0. The number of ether oxygens (including phenoxy) is 2. The van der Waals surface area contributed by atoms with E-state index >= 15 is 4.39 Å². The molecule has 0 aliphatic heterocycles. The lowest BCUT2D eigenvalue weighted by Crippen LogP contribution is -2.16. The van der Waals surface area contributed by atoms with Crippen molar-refractivity contribution in [1.29, 1.82) is 0 Å². The van der Waals surface area contributed by atoms with Crippen LogP contribution in [0.3, 0.4) is 0 Å². The Kier molecular flexibility index (Phi) is 8.26. The van der Waals surface area contributed by atoms with Crippen molar-refractivity contribution in [2.24, 2.45) is 11.3 Å². The first-order valence-corrected chi connectivity index (χ1v) is 15.7. The molecule has 2 aliphatic rings. The van der Waals surface area contributed by atoms with Crippen molar-refractivity contribution in [3.05, 3.63) is 113 Å². The fourth-order valence-electron chi connectivity index (χ4n) is 5.82. The Hall–Kier alpha value is -4.99. The van der Waals surface area contributed by atoms with Gasteiger partial charge in [-0.1, -0.05) is 36.4 Å². The van der Waals surface area contributed by atoms with E-state index in [4.69, 9.17) is 14.5 Å². The molecule has 2 saturated carbocycles. The van der Waals surface area contributed by atoms with Gasteiger partial charge in [-0.3, -0.25) is 14.0 Å². The van der Waals surface area contributed by atoms with Crippen LogP contribution in [-0.2, 0) is 35.7 Å². The van der Waals surface area contributed by atoms with Gasteiger partial charge in [0.25, 0.3) is 6.47 Å². The lowest BCUT2D eigenvalue weighted by molar-refractivity contribution is -0.129. The van der Waals surface area contributed by atoms with Crippen LogP contribution in [0, 0.1) is 23.0 Å². The summed E-state index contributed by atoms with van der Waals surface area (Å²) in [5.74, 6) is -0.101.